The number of carbonyl (C=O) groups is 2. The maximum absolute atomic E-state index is 13.3. The number of hydrogen-bond acceptors (Lipinski definition) is 6. The first-order valence-electron chi connectivity index (χ1n) is 9.98. The van der Waals surface area contributed by atoms with Crippen molar-refractivity contribution in [3.63, 3.8) is 0 Å². The van der Waals surface area contributed by atoms with Gasteiger partial charge in [-0.2, -0.15) is 0 Å². The zero-order chi connectivity index (χ0) is 20.6. The normalized spacial score (nSPS) is 27.7. The van der Waals surface area contributed by atoms with Gasteiger partial charge in [0.25, 0.3) is 0 Å². The molecule has 0 spiro atoms. The summed E-state index contributed by atoms with van der Waals surface area (Å²) in [5.74, 6) is 0.0432. The van der Waals surface area contributed by atoms with Crippen LogP contribution in [-0.2, 0) is 26.2 Å². The molecule has 3 aliphatic rings. The lowest BCUT2D eigenvalue weighted by atomic mass is 10.0. The van der Waals surface area contributed by atoms with Crippen LogP contribution in [0.15, 0.2) is 24.5 Å². The first-order chi connectivity index (χ1) is 13.8. The standard InChI is InChI=1S/C19H27N5O4S/c1-29(27,28)22-15-7-16-12-23(10-13-3-2-6-20-8-13)17(19(26)24(16)11-15)9-21-18(25)14-4-5-14/h2-3,6,8,14-17,22H,4-5,7,9-12H2,1H3,(H,21,25)/t15-,16-,17-/m0/s1. The topological polar surface area (TPSA) is 112 Å². The summed E-state index contributed by atoms with van der Waals surface area (Å²) in [4.78, 5) is 33.4. The predicted molar refractivity (Wildman–Crippen MR) is 106 cm³/mol. The fourth-order valence-corrected chi connectivity index (χ4v) is 5.07. The molecular formula is C19H27N5O4S. The van der Waals surface area contributed by atoms with Gasteiger partial charge in [-0.15, -0.1) is 0 Å². The molecule has 0 radical (unpaired) electrons. The van der Waals surface area contributed by atoms with Gasteiger partial charge in [0, 0.05) is 56.6 Å². The third kappa shape index (κ3) is 4.93. The molecule has 2 aliphatic heterocycles. The highest BCUT2D eigenvalue weighted by Crippen LogP contribution is 2.30. The summed E-state index contributed by atoms with van der Waals surface area (Å²) in [6, 6.07) is 3.03. The van der Waals surface area contributed by atoms with Gasteiger partial charge in [0.05, 0.1) is 6.26 Å². The summed E-state index contributed by atoms with van der Waals surface area (Å²) in [7, 11) is -3.33. The van der Waals surface area contributed by atoms with E-state index in [1.165, 1.54) is 0 Å². The summed E-state index contributed by atoms with van der Waals surface area (Å²) in [6.07, 6.45) is 7.03. The Hall–Kier alpha value is -2.04. The number of piperazine rings is 1. The van der Waals surface area contributed by atoms with Crippen LogP contribution >= 0.6 is 0 Å². The van der Waals surface area contributed by atoms with Gasteiger partial charge in [-0.25, -0.2) is 13.1 Å². The Morgan fingerprint density at radius 2 is 2.10 bits per heavy atom. The number of carbonyl (C=O) groups excluding carboxylic acids is 2. The molecule has 2 saturated heterocycles. The Morgan fingerprint density at radius 1 is 1.31 bits per heavy atom. The Balaban J connectivity index is 1.49. The third-order valence-corrected chi connectivity index (χ3v) is 6.54. The highest BCUT2D eigenvalue weighted by Gasteiger charge is 2.46. The quantitative estimate of drug-likeness (QED) is 0.603. The number of sulfonamides is 1. The van der Waals surface area contributed by atoms with Crippen molar-refractivity contribution >= 4 is 21.8 Å². The van der Waals surface area contributed by atoms with Crippen molar-refractivity contribution in [3.8, 4) is 0 Å². The number of hydrogen-bond donors (Lipinski definition) is 2. The van der Waals surface area contributed by atoms with Crippen molar-refractivity contribution in [2.75, 3.05) is 25.9 Å². The van der Waals surface area contributed by atoms with E-state index in [1.807, 2.05) is 12.1 Å². The molecule has 4 rings (SSSR count). The minimum Gasteiger partial charge on any atom is -0.354 e. The molecule has 0 unspecified atom stereocenters. The van der Waals surface area contributed by atoms with E-state index < -0.39 is 16.1 Å². The zero-order valence-corrected chi connectivity index (χ0v) is 17.3. The predicted octanol–water partition coefficient (Wildman–Crippen LogP) is -0.689. The first-order valence-corrected chi connectivity index (χ1v) is 11.9. The largest absolute Gasteiger partial charge is 0.354 e. The van der Waals surface area contributed by atoms with E-state index in [1.54, 1.807) is 17.3 Å². The molecule has 1 saturated carbocycles. The molecule has 1 aromatic heterocycles. The van der Waals surface area contributed by atoms with Gasteiger partial charge in [-0.05, 0) is 30.9 Å². The van der Waals surface area contributed by atoms with Gasteiger partial charge in [0.1, 0.15) is 6.04 Å². The monoisotopic (exact) mass is 421 g/mol. The molecule has 3 atom stereocenters. The van der Waals surface area contributed by atoms with E-state index in [4.69, 9.17) is 0 Å². The van der Waals surface area contributed by atoms with Crippen molar-refractivity contribution in [1.82, 2.24) is 24.8 Å². The summed E-state index contributed by atoms with van der Waals surface area (Å²) in [5, 5.41) is 2.93. The fourth-order valence-electron chi connectivity index (χ4n) is 4.30. The second-order valence-corrected chi connectivity index (χ2v) is 10.1. The molecule has 3 fully saturated rings. The number of rotatable bonds is 7. The highest BCUT2D eigenvalue weighted by molar-refractivity contribution is 7.88. The van der Waals surface area contributed by atoms with Crippen molar-refractivity contribution in [1.29, 1.82) is 0 Å². The van der Waals surface area contributed by atoms with Crippen LogP contribution in [-0.4, -0.2) is 79.0 Å². The zero-order valence-electron chi connectivity index (χ0n) is 16.5. The van der Waals surface area contributed by atoms with Crippen molar-refractivity contribution in [2.45, 2.75) is 43.9 Å². The average molecular weight is 422 g/mol. The van der Waals surface area contributed by atoms with Crippen LogP contribution in [0.1, 0.15) is 24.8 Å². The van der Waals surface area contributed by atoms with Crippen molar-refractivity contribution < 1.29 is 18.0 Å². The van der Waals surface area contributed by atoms with Gasteiger partial charge in [0.15, 0.2) is 0 Å². The second kappa shape index (κ2) is 8.00. The number of nitrogens with one attached hydrogen (secondary N) is 2. The van der Waals surface area contributed by atoms with Gasteiger partial charge < -0.3 is 10.2 Å². The lowest BCUT2D eigenvalue weighted by molar-refractivity contribution is -0.144. The lowest BCUT2D eigenvalue weighted by Gasteiger charge is -2.42. The third-order valence-electron chi connectivity index (χ3n) is 5.78. The van der Waals surface area contributed by atoms with Gasteiger partial charge in [-0.3, -0.25) is 19.5 Å². The van der Waals surface area contributed by atoms with Crippen molar-refractivity contribution in [3.05, 3.63) is 30.1 Å². The smallest absolute Gasteiger partial charge is 0.242 e. The average Bonchev–Trinajstić information content (AvgIpc) is 3.43. The van der Waals surface area contributed by atoms with E-state index in [2.05, 4.69) is 19.9 Å². The molecule has 158 valence electrons. The molecule has 10 heteroatoms. The van der Waals surface area contributed by atoms with E-state index in [0.717, 1.165) is 24.7 Å². The van der Waals surface area contributed by atoms with Crippen LogP contribution in [0, 0.1) is 5.92 Å². The van der Waals surface area contributed by atoms with Gasteiger partial charge in [0.2, 0.25) is 21.8 Å². The molecule has 2 amide bonds. The van der Waals surface area contributed by atoms with E-state index in [-0.39, 0.29) is 36.4 Å². The summed E-state index contributed by atoms with van der Waals surface area (Å²) in [6.45, 7) is 1.82. The molecule has 1 aromatic rings. The summed E-state index contributed by atoms with van der Waals surface area (Å²) in [5.41, 5.74) is 0.996. The van der Waals surface area contributed by atoms with Crippen LogP contribution in [0.25, 0.3) is 0 Å². The Morgan fingerprint density at radius 3 is 2.76 bits per heavy atom. The maximum atomic E-state index is 13.3. The minimum absolute atomic E-state index is 0.0132. The number of pyridine rings is 1. The Labute approximate surface area is 170 Å². The SMILES string of the molecule is CS(=O)(=O)N[C@H]1C[C@H]2CN(Cc3cccnc3)[C@@H](CNC(=O)C3CC3)C(=O)N2C1. The molecule has 3 heterocycles. The van der Waals surface area contributed by atoms with Crippen LogP contribution in [0.2, 0.25) is 0 Å². The molecular weight excluding hydrogens is 394 g/mol. The van der Waals surface area contributed by atoms with Crippen LogP contribution in [0.5, 0.6) is 0 Å². The van der Waals surface area contributed by atoms with Gasteiger partial charge in [-0.1, -0.05) is 6.07 Å². The number of aromatic nitrogens is 1. The molecule has 29 heavy (non-hydrogen) atoms. The molecule has 1 aliphatic carbocycles. The molecule has 9 nitrogen and oxygen atoms in total. The fraction of sp³-hybridized carbons (Fsp3) is 0.632. The number of nitrogens with zero attached hydrogens (tertiary/aromatic N) is 3. The first kappa shape index (κ1) is 20.2. The molecule has 0 bridgehead atoms. The van der Waals surface area contributed by atoms with Crippen LogP contribution in [0.3, 0.4) is 0 Å². The van der Waals surface area contributed by atoms with Gasteiger partial charge >= 0.3 is 0 Å². The van der Waals surface area contributed by atoms with Crippen molar-refractivity contribution in [2.24, 2.45) is 5.92 Å². The van der Waals surface area contributed by atoms with Crippen LogP contribution < -0.4 is 10.0 Å². The van der Waals surface area contributed by atoms with Crippen LogP contribution in [0.4, 0.5) is 0 Å². The summed E-state index contributed by atoms with van der Waals surface area (Å²) >= 11 is 0. The Kier molecular flexibility index (Phi) is 5.58. The maximum Gasteiger partial charge on any atom is 0.242 e. The Bertz CT molecular complexity index is 874. The lowest BCUT2D eigenvalue weighted by Crippen LogP contribution is -2.62. The summed E-state index contributed by atoms with van der Waals surface area (Å²) < 4.78 is 25.9. The van der Waals surface area contributed by atoms with E-state index in [0.29, 0.717) is 26.1 Å². The van der Waals surface area contributed by atoms with E-state index in [9.17, 15) is 18.0 Å². The molecule has 0 aromatic carbocycles. The highest BCUT2D eigenvalue weighted by atomic mass is 32.2. The number of amides is 2. The number of fused-ring (bicyclic) bond motifs is 1. The minimum atomic E-state index is -3.33. The van der Waals surface area contributed by atoms with E-state index >= 15 is 0 Å². The molecule has 2 N–H and O–H groups in total. The second-order valence-electron chi connectivity index (χ2n) is 8.29.